The third-order valence-corrected chi connectivity index (χ3v) is 7.82. The van der Waals surface area contributed by atoms with E-state index in [1.807, 2.05) is 13.8 Å². The molecule has 0 aromatic heterocycles. The van der Waals surface area contributed by atoms with Crippen LogP contribution in [-0.4, -0.2) is 61.9 Å². The summed E-state index contributed by atoms with van der Waals surface area (Å²) in [4.78, 5) is 14.3. The van der Waals surface area contributed by atoms with Crippen LogP contribution in [0.5, 0.6) is 0 Å². The summed E-state index contributed by atoms with van der Waals surface area (Å²) in [6, 6.07) is 2.57. The van der Waals surface area contributed by atoms with Crippen LogP contribution in [0.3, 0.4) is 0 Å². The molecule has 1 amide bonds. The maximum Gasteiger partial charge on any atom is 0.417 e. The summed E-state index contributed by atoms with van der Waals surface area (Å²) in [6.45, 7) is 5.34. The molecule has 2 saturated heterocycles. The Kier molecular flexibility index (Phi) is 6.44. The number of piperidine rings is 1. The van der Waals surface area contributed by atoms with Gasteiger partial charge >= 0.3 is 6.18 Å². The predicted molar refractivity (Wildman–Crippen MR) is 105 cm³/mol. The first-order valence-corrected chi connectivity index (χ1v) is 11.4. The van der Waals surface area contributed by atoms with Gasteiger partial charge in [0.05, 0.1) is 34.2 Å². The number of carbonyl (C=O) groups excluding carboxylic acids is 1. The predicted octanol–water partition coefficient (Wildman–Crippen LogP) is 3.40. The van der Waals surface area contributed by atoms with Gasteiger partial charge in [-0.1, -0.05) is 11.6 Å². The zero-order valence-corrected chi connectivity index (χ0v) is 18.3. The fourth-order valence-electron chi connectivity index (χ4n) is 3.86. The van der Waals surface area contributed by atoms with E-state index in [1.165, 1.54) is 0 Å². The quantitative estimate of drug-likeness (QED) is 0.682. The van der Waals surface area contributed by atoms with Crippen molar-refractivity contribution in [3.8, 4) is 0 Å². The van der Waals surface area contributed by atoms with Gasteiger partial charge in [-0.3, -0.25) is 4.79 Å². The third kappa shape index (κ3) is 4.61. The van der Waals surface area contributed by atoms with E-state index in [0.717, 1.165) is 16.4 Å². The summed E-state index contributed by atoms with van der Waals surface area (Å²) in [7, 11) is -4.13. The van der Waals surface area contributed by atoms with Crippen LogP contribution in [-0.2, 0) is 25.7 Å². The van der Waals surface area contributed by atoms with Gasteiger partial charge in [-0.15, -0.1) is 0 Å². The largest absolute Gasteiger partial charge is 0.417 e. The standard InChI is InChI=1S/C19H24ClF3N2O4S/c1-18(2)12-29-10-9-25(18)17(26)13-5-7-24(8-6-13)30(27,28)14-3-4-16(20)15(11-14)19(21,22)23/h3-4,11,13H,5-10,12H2,1-2H3. The number of morpholine rings is 1. The van der Waals surface area contributed by atoms with Crippen LogP contribution in [0.2, 0.25) is 5.02 Å². The molecule has 0 spiro atoms. The van der Waals surface area contributed by atoms with Gasteiger partial charge in [0.2, 0.25) is 15.9 Å². The van der Waals surface area contributed by atoms with Crippen molar-refractivity contribution < 1.29 is 31.1 Å². The lowest BCUT2D eigenvalue weighted by atomic mass is 9.93. The minimum Gasteiger partial charge on any atom is -0.377 e. The Morgan fingerprint density at radius 1 is 1.20 bits per heavy atom. The number of sulfonamides is 1. The van der Waals surface area contributed by atoms with Crippen LogP contribution in [0, 0.1) is 5.92 Å². The van der Waals surface area contributed by atoms with Crippen molar-refractivity contribution in [1.29, 1.82) is 0 Å². The van der Waals surface area contributed by atoms with Crippen molar-refractivity contribution in [1.82, 2.24) is 9.21 Å². The van der Waals surface area contributed by atoms with Crippen molar-refractivity contribution in [2.24, 2.45) is 5.92 Å². The number of benzene rings is 1. The number of rotatable bonds is 3. The molecular weight excluding hydrogens is 445 g/mol. The highest BCUT2D eigenvalue weighted by Gasteiger charge is 2.40. The van der Waals surface area contributed by atoms with Crippen molar-refractivity contribution in [3.05, 3.63) is 28.8 Å². The molecule has 168 valence electrons. The average molecular weight is 469 g/mol. The lowest BCUT2D eigenvalue weighted by Gasteiger charge is -2.44. The number of amides is 1. The highest BCUT2D eigenvalue weighted by atomic mass is 35.5. The molecular formula is C19H24ClF3N2O4S. The zero-order chi connectivity index (χ0) is 22.3. The summed E-state index contributed by atoms with van der Waals surface area (Å²) in [5.41, 5.74) is -1.62. The van der Waals surface area contributed by atoms with Crippen molar-refractivity contribution in [2.45, 2.75) is 43.3 Å². The second kappa shape index (κ2) is 8.29. The first kappa shape index (κ1) is 23.3. The minimum atomic E-state index is -4.76. The molecule has 11 heteroatoms. The van der Waals surface area contributed by atoms with Crippen molar-refractivity contribution in [2.75, 3.05) is 32.8 Å². The molecule has 0 N–H and O–H groups in total. The molecule has 2 aliphatic rings. The van der Waals surface area contributed by atoms with Gasteiger partial charge < -0.3 is 9.64 Å². The Morgan fingerprint density at radius 3 is 2.40 bits per heavy atom. The van der Waals surface area contributed by atoms with E-state index in [2.05, 4.69) is 0 Å². The van der Waals surface area contributed by atoms with Crippen LogP contribution in [0.4, 0.5) is 13.2 Å². The summed E-state index contributed by atoms with van der Waals surface area (Å²) < 4.78 is 71.6. The first-order chi connectivity index (χ1) is 13.8. The summed E-state index contributed by atoms with van der Waals surface area (Å²) >= 11 is 5.59. The van der Waals surface area contributed by atoms with E-state index >= 15 is 0 Å². The van der Waals surface area contributed by atoms with Crippen molar-refractivity contribution >= 4 is 27.5 Å². The van der Waals surface area contributed by atoms with Crippen LogP contribution in [0.15, 0.2) is 23.1 Å². The highest BCUT2D eigenvalue weighted by Crippen LogP contribution is 2.37. The normalized spacial score (nSPS) is 21.6. The smallest absolute Gasteiger partial charge is 0.377 e. The van der Waals surface area contributed by atoms with Gasteiger partial charge in [0.15, 0.2) is 0 Å². The molecule has 30 heavy (non-hydrogen) atoms. The Labute approximate surface area is 179 Å². The molecule has 6 nitrogen and oxygen atoms in total. The van der Waals surface area contributed by atoms with Crippen LogP contribution < -0.4 is 0 Å². The second-order valence-corrected chi connectivity index (χ2v) is 10.5. The topological polar surface area (TPSA) is 66.9 Å². The van der Waals surface area contributed by atoms with Crippen molar-refractivity contribution in [3.63, 3.8) is 0 Å². The van der Waals surface area contributed by atoms with E-state index in [-0.39, 0.29) is 24.9 Å². The van der Waals surface area contributed by atoms with Gasteiger partial charge in [0, 0.05) is 25.6 Å². The van der Waals surface area contributed by atoms with Gasteiger partial charge in [-0.25, -0.2) is 8.42 Å². The maximum atomic E-state index is 13.1. The van der Waals surface area contributed by atoms with Crippen LogP contribution in [0.25, 0.3) is 0 Å². The number of hydrogen-bond acceptors (Lipinski definition) is 4. The highest BCUT2D eigenvalue weighted by molar-refractivity contribution is 7.89. The van der Waals surface area contributed by atoms with Crippen LogP contribution in [0.1, 0.15) is 32.3 Å². The van der Waals surface area contributed by atoms with Gasteiger partial charge in [-0.2, -0.15) is 17.5 Å². The number of nitrogens with zero attached hydrogens (tertiary/aromatic N) is 2. The van der Waals surface area contributed by atoms with E-state index < -0.39 is 37.2 Å². The average Bonchev–Trinajstić information content (AvgIpc) is 2.66. The SMILES string of the molecule is CC1(C)COCCN1C(=O)C1CCN(S(=O)(=O)c2ccc(Cl)c(C(F)(F)F)c2)CC1. The zero-order valence-electron chi connectivity index (χ0n) is 16.7. The molecule has 0 atom stereocenters. The molecule has 0 radical (unpaired) electrons. The minimum absolute atomic E-state index is 0.0359. The number of alkyl halides is 3. The molecule has 0 saturated carbocycles. The number of carbonyl (C=O) groups is 1. The Balaban J connectivity index is 1.72. The molecule has 1 aromatic carbocycles. The molecule has 0 aliphatic carbocycles. The van der Waals surface area contributed by atoms with E-state index in [4.69, 9.17) is 16.3 Å². The Morgan fingerprint density at radius 2 is 1.83 bits per heavy atom. The molecule has 2 aliphatic heterocycles. The van der Waals surface area contributed by atoms with Crippen LogP contribution >= 0.6 is 11.6 Å². The van der Waals surface area contributed by atoms with Gasteiger partial charge in [0.1, 0.15) is 0 Å². The molecule has 2 fully saturated rings. The van der Waals surface area contributed by atoms with E-state index in [1.54, 1.807) is 4.90 Å². The molecule has 2 heterocycles. The lowest BCUT2D eigenvalue weighted by molar-refractivity contribution is -0.152. The summed E-state index contributed by atoms with van der Waals surface area (Å²) in [6.07, 6.45) is -4.14. The molecule has 3 rings (SSSR count). The second-order valence-electron chi connectivity index (χ2n) is 8.17. The molecule has 1 aromatic rings. The first-order valence-electron chi connectivity index (χ1n) is 9.60. The molecule has 0 bridgehead atoms. The molecule has 0 unspecified atom stereocenters. The fraction of sp³-hybridized carbons (Fsp3) is 0.632. The number of halogens is 4. The monoisotopic (exact) mass is 468 g/mol. The fourth-order valence-corrected chi connectivity index (χ4v) is 5.58. The van der Waals surface area contributed by atoms with Gasteiger partial charge in [-0.05, 0) is 44.9 Å². The summed E-state index contributed by atoms with van der Waals surface area (Å²) in [5.74, 6) is -0.365. The number of ether oxygens (including phenoxy) is 1. The summed E-state index contributed by atoms with van der Waals surface area (Å²) in [5, 5.41) is -0.557. The van der Waals surface area contributed by atoms with E-state index in [9.17, 15) is 26.4 Å². The maximum absolute atomic E-state index is 13.1. The number of hydrogen-bond donors (Lipinski definition) is 0. The van der Waals surface area contributed by atoms with E-state index in [0.29, 0.717) is 38.7 Å². The third-order valence-electron chi connectivity index (χ3n) is 5.60. The lowest BCUT2D eigenvalue weighted by Crippen LogP contribution is -2.58. The Bertz CT molecular complexity index is 913. The Hall–Kier alpha value is -1.36. The van der Waals surface area contributed by atoms with Gasteiger partial charge in [0.25, 0.3) is 0 Å².